The van der Waals surface area contributed by atoms with Crippen molar-refractivity contribution >= 4 is 39.6 Å². The summed E-state index contributed by atoms with van der Waals surface area (Å²) in [5, 5.41) is 28.9. The molecule has 4 atom stereocenters. The van der Waals surface area contributed by atoms with E-state index in [1.807, 2.05) is 22.6 Å². The number of nitrogens with two attached hydrogens (primary N) is 1. The Morgan fingerprint density at radius 1 is 1.35 bits per heavy atom. The summed E-state index contributed by atoms with van der Waals surface area (Å²) in [4.78, 5) is 12.3. The number of nitrogens with zero attached hydrogens (tertiary/aromatic N) is 4. The number of aliphatic hydroxyl groups excluding tert-OH is 3. The zero-order valence-electron chi connectivity index (χ0n) is 10.1. The molecule has 0 aromatic carbocycles. The average molecular weight is 393 g/mol. The zero-order chi connectivity index (χ0) is 14.4. The number of hydrogen-bond acceptors (Lipinski definition) is 8. The standard InChI is InChI=1S/C10H12IN5O4/c11-10-14-7(12)4-8(15-10)16(2-13-4)9-6(19)5(18)3(1-17)20-9/h2-3,5-6,9,17-19H,1H2,(H2,12,14,15)/t3-,5?,6-,9?/m1/s1. The van der Waals surface area contributed by atoms with Crippen LogP contribution in [0.25, 0.3) is 11.2 Å². The molecular formula is C10H12IN5O4. The molecule has 1 fully saturated rings. The zero-order valence-corrected chi connectivity index (χ0v) is 12.2. The first kappa shape index (κ1) is 13.9. The molecule has 0 saturated carbocycles. The third-order valence-electron chi connectivity index (χ3n) is 3.21. The Labute approximate surface area is 126 Å². The van der Waals surface area contributed by atoms with E-state index in [0.29, 0.717) is 15.0 Å². The quantitative estimate of drug-likeness (QED) is 0.362. The Morgan fingerprint density at radius 3 is 2.75 bits per heavy atom. The molecule has 3 rings (SSSR count). The summed E-state index contributed by atoms with van der Waals surface area (Å²) in [5.74, 6) is 0.227. The van der Waals surface area contributed by atoms with Gasteiger partial charge in [0.05, 0.1) is 12.9 Å². The van der Waals surface area contributed by atoms with E-state index >= 15 is 0 Å². The molecule has 0 spiro atoms. The van der Waals surface area contributed by atoms with Crippen molar-refractivity contribution in [2.24, 2.45) is 0 Å². The van der Waals surface area contributed by atoms with E-state index in [9.17, 15) is 10.2 Å². The van der Waals surface area contributed by atoms with Gasteiger partial charge in [0.1, 0.15) is 23.8 Å². The fourth-order valence-electron chi connectivity index (χ4n) is 2.21. The lowest BCUT2D eigenvalue weighted by molar-refractivity contribution is -0.0511. The monoisotopic (exact) mass is 393 g/mol. The summed E-state index contributed by atoms with van der Waals surface area (Å²) in [5.41, 5.74) is 6.55. The van der Waals surface area contributed by atoms with E-state index in [1.165, 1.54) is 10.9 Å². The van der Waals surface area contributed by atoms with Gasteiger partial charge in [-0.25, -0.2) is 15.0 Å². The molecule has 0 aliphatic carbocycles. The number of nitrogen functional groups attached to an aromatic ring is 1. The number of fused-ring (bicyclic) bond motifs is 1. The van der Waals surface area contributed by atoms with Crippen LogP contribution in [-0.2, 0) is 4.74 Å². The lowest BCUT2D eigenvalue weighted by Crippen LogP contribution is -2.33. The molecule has 2 aromatic heterocycles. The minimum absolute atomic E-state index is 0.227. The summed E-state index contributed by atoms with van der Waals surface area (Å²) < 4.78 is 7.34. The highest BCUT2D eigenvalue weighted by atomic mass is 127. The van der Waals surface area contributed by atoms with E-state index in [1.54, 1.807) is 0 Å². The summed E-state index contributed by atoms with van der Waals surface area (Å²) in [6.07, 6.45) is -2.71. The van der Waals surface area contributed by atoms with Crippen molar-refractivity contribution in [2.45, 2.75) is 24.5 Å². The molecule has 2 aromatic rings. The molecular weight excluding hydrogens is 381 g/mol. The predicted octanol–water partition coefficient (Wildman–Crippen LogP) is -1.38. The third kappa shape index (κ3) is 2.03. The van der Waals surface area contributed by atoms with Crippen molar-refractivity contribution in [3.05, 3.63) is 10.2 Å². The maximum Gasteiger partial charge on any atom is 0.194 e. The van der Waals surface area contributed by atoms with Crippen LogP contribution >= 0.6 is 22.6 Å². The van der Waals surface area contributed by atoms with Gasteiger partial charge in [-0.1, -0.05) is 0 Å². The highest BCUT2D eigenvalue weighted by Gasteiger charge is 2.44. The van der Waals surface area contributed by atoms with Crippen molar-refractivity contribution in [2.75, 3.05) is 12.3 Å². The number of hydrogen-bond donors (Lipinski definition) is 4. The van der Waals surface area contributed by atoms with Crippen LogP contribution in [0, 0.1) is 3.83 Å². The molecule has 2 unspecified atom stereocenters. The second kappa shape index (κ2) is 5.04. The highest BCUT2D eigenvalue weighted by molar-refractivity contribution is 14.1. The first-order chi connectivity index (χ1) is 9.52. The van der Waals surface area contributed by atoms with E-state index < -0.39 is 31.1 Å². The van der Waals surface area contributed by atoms with Gasteiger partial charge in [0.25, 0.3) is 0 Å². The molecule has 0 bridgehead atoms. The van der Waals surface area contributed by atoms with Gasteiger partial charge in [0.15, 0.2) is 21.5 Å². The predicted molar refractivity (Wildman–Crippen MR) is 75.5 cm³/mol. The summed E-state index contributed by atoms with van der Waals surface area (Å²) in [6.45, 7) is -0.393. The van der Waals surface area contributed by atoms with Crippen LogP contribution in [0.4, 0.5) is 5.82 Å². The van der Waals surface area contributed by atoms with Gasteiger partial charge in [-0.05, 0) is 0 Å². The SMILES string of the molecule is Nc1nc(I)nc2c1ncn2C1O[C@H](CO)C(O)[C@H]1O. The molecule has 5 N–H and O–H groups in total. The molecule has 1 aliphatic rings. The Bertz CT molecular complexity index is 650. The van der Waals surface area contributed by atoms with Gasteiger partial charge < -0.3 is 25.8 Å². The highest BCUT2D eigenvalue weighted by Crippen LogP contribution is 2.31. The molecule has 0 radical (unpaired) electrons. The maximum absolute atomic E-state index is 10.0. The number of imidazole rings is 1. The molecule has 10 heteroatoms. The van der Waals surface area contributed by atoms with Crippen molar-refractivity contribution in [1.82, 2.24) is 19.5 Å². The van der Waals surface area contributed by atoms with Gasteiger partial charge in [-0.2, -0.15) is 0 Å². The molecule has 20 heavy (non-hydrogen) atoms. The van der Waals surface area contributed by atoms with Gasteiger partial charge in [-0.15, -0.1) is 0 Å². The van der Waals surface area contributed by atoms with Crippen LogP contribution < -0.4 is 5.73 Å². The van der Waals surface area contributed by atoms with Gasteiger partial charge in [0, 0.05) is 22.6 Å². The van der Waals surface area contributed by atoms with Crippen molar-refractivity contribution in [1.29, 1.82) is 0 Å². The lowest BCUT2D eigenvalue weighted by Gasteiger charge is -2.16. The van der Waals surface area contributed by atoms with Gasteiger partial charge >= 0.3 is 0 Å². The molecule has 0 amide bonds. The van der Waals surface area contributed by atoms with Crippen LogP contribution in [0.5, 0.6) is 0 Å². The molecule has 1 saturated heterocycles. The second-order valence-corrected chi connectivity index (χ2v) is 5.40. The second-order valence-electron chi connectivity index (χ2n) is 4.43. The van der Waals surface area contributed by atoms with Crippen LogP contribution in [-0.4, -0.2) is 59.8 Å². The van der Waals surface area contributed by atoms with E-state index in [-0.39, 0.29) is 5.82 Å². The smallest absolute Gasteiger partial charge is 0.194 e. The Kier molecular flexibility index (Phi) is 3.50. The number of anilines is 1. The van der Waals surface area contributed by atoms with Crippen molar-refractivity contribution in [3.63, 3.8) is 0 Å². The summed E-state index contributed by atoms with van der Waals surface area (Å²) >= 11 is 1.92. The van der Waals surface area contributed by atoms with Gasteiger partial charge in [0.2, 0.25) is 0 Å². The summed E-state index contributed by atoms with van der Waals surface area (Å²) in [7, 11) is 0. The van der Waals surface area contributed by atoms with Crippen LogP contribution in [0.15, 0.2) is 6.33 Å². The van der Waals surface area contributed by atoms with E-state index in [0.717, 1.165) is 0 Å². The Hall–Kier alpha value is -1.08. The van der Waals surface area contributed by atoms with Gasteiger partial charge in [-0.3, -0.25) is 4.57 Å². The fourth-order valence-corrected chi connectivity index (χ4v) is 2.70. The minimum Gasteiger partial charge on any atom is -0.394 e. The van der Waals surface area contributed by atoms with Crippen LogP contribution in [0.1, 0.15) is 6.23 Å². The molecule has 108 valence electrons. The first-order valence-corrected chi connectivity index (χ1v) is 6.88. The molecule has 1 aliphatic heterocycles. The minimum atomic E-state index is -1.20. The normalized spacial score (nSPS) is 30.2. The number of aliphatic hydroxyl groups is 3. The number of rotatable bonds is 2. The third-order valence-corrected chi connectivity index (χ3v) is 3.69. The van der Waals surface area contributed by atoms with Crippen molar-refractivity contribution < 1.29 is 20.1 Å². The van der Waals surface area contributed by atoms with E-state index in [4.69, 9.17) is 15.6 Å². The van der Waals surface area contributed by atoms with Crippen LogP contribution in [0.3, 0.4) is 0 Å². The largest absolute Gasteiger partial charge is 0.394 e. The average Bonchev–Trinajstić information content (AvgIpc) is 2.93. The maximum atomic E-state index is 10.0. The van der Waals surface area contributed by atoms with Crippen LogP contribution in [0.2, 0.25) is 0 Å². The number of ether oxygens (including phenoxy) is 1. The first-order valence-electron chi connectivity index (χ1n) is 5.81. The Balaban J connectivity index is 2.07. The fraction of sp³-hybridized carbons (Fsp3) is 0.500. The molecule has 3 heterocycles. The number of halogens is 1. The molecule has 9 nitrogen and oxygen atoms in total. The van der Waals surface area contributed by atoms with Crippen molar-refractivity contribution in [3.8, 4) is 0 Å². The Morgan fingerprint density at radius 2 is 2.10 bits per heavy atom. The topological polar surface area (TPSA) is 140 Å². The lowest BCUT2D eigenvalue weighted by atomic mass is 10.1. The number of aromatic nitrogens is 4. The van der Waals surface area contributed by atoms with E-state index in [2.05, 4.69) is 15.0 Å². The summed E-state index contributed by atoms with van der Waals surface area (Å²) in [6, 6.07) is 0.